The first-order chi connectivity index (χ1) is 8.82. The van der Waals surface area contributed by atoms with E-state index in [1.54, 1.807) is 14.0 Å². The summed E-state index contributed by atoms with van der Waals surface area (Å²) in [5.74, 6) is -0.742. The molecule has 1 aliphatic rings. The molecule has 2 unspecified atom stereocenters. The number of carboxylic acids is 1. The zero-order valence-electron chi connectivity index (χ0n) is 12.4. The molecule has 110 valence electrons. The van der Waals surface area contributed by atoms with Crippen molar-refractivity contribution < 1.29 is 14.7 Å². The highest BCUT2D eigenvalue weighted by Gasteiger charge is 2.41. The summed E-state index contributed by atoms with van der Waals surface area (Å²) in [4.78, 5) is 25.2. The molecule has 1 aliphatic heterocycles. The third-order valence-corrected chi connectivity index (χ3v) is 4.33. The Kier molecular flexibility index (Phi) is 5.35. The van der Waals surface area contributed by atoms with E-state index in [4.69, 9.17) is 5.11 Å². The van der Waals surface area contributed by atoms with Gasteiger partial charge >= 0.3 is 5.97 Å². The number of rotatable bonds is 5. The highest BCUT2D eigenvalue weighted by molar-refractivity contribution is 5.87. The van der Waals surface area contributed by atoms with Crippen LogP contribution in [0.2, 0.25) is 0 Å². The van der Waals surface area contributed by atoms with Crippen molar-refractivity contribution in [3.05, 3.63) is 0 Å². The summed E-state index contributed by atoms with van der Waals surface area (Å²) >= 11 is 0. The van der Waals surface area contributed by atoms with E-state index in [2.05, 4.69) is 5.32 Å². The van der Waals surface area contributed by atoms with Crippen LogP contribution in [0.15, 0.2) is 0 Å². The number of hydrogen-bond donors (Lipinski definition) is 2. The number of piperidine rings is 1. The van der Waals surface area contributed by atoms with Gasteiger partial charge in [0.2, 0.25) is 5.91 Å². The Labute approximate surface area is 115 Å². The van der Waals surface area contributed by atoms with Gasteiger partial charge in [-0.05, 0) is 38.3 Å². The predicted octanol–water partition coefficient (Wildman–Crippen LogP) is 1.33. The van der Waals surface area contributed by atoms with Crippen molar-refractivity contribution in [1.82, 2.24) is 10.2 Å². The largest absolute Gasteiger partial charge is 0.480 e. The Balaban J connectivity index is 2.81. The molecule has 0 aromatic rings. The van der Waals surface area contributed by atoms with Crippen molar-refractivity contribution in [3.63, 3.8) is 0 Å². The van der Waals surface area contributed by atoms with E-state index >= 15 is 0 Å². The first-order valence-corrected chi connectivity index (χ1v) is 7.03. The monoisotopic (exact) mass is 270 g/mol. The highest BCUT2D eigenvalue weighted by Crippen LogP contribution is 2.34. The van der Waals surface area contributed by atoms with Crippen molar-refractivity contribution in [2.45, 2.75) is 46.1 Å². The minimum Gasteiger partial charge on any atom is -0.480 e. The van der Waals surface area contributed by atoms with Gasteiger partial charge in [-0.3, -0.25) is 4.79 Å². The van der Waals surface area contributed by atoms with Crippen molar-refractivity contribution in [1.29, 1.82) is 0 Å². The van der Waals surface area contributed by atoms with Gasteiger partial charge in [-0.25, -0.2) is 4.79 Å². The van der Waals surface area contributed by atoms with E-state index in [-0.39, 0.29) is 11.8 Å². The number of carbonyl (C=O) groups is 2. The number of carboxylic acid groups (broad SMARTS) is 1. The zero-order valence-corrected chi connectivity index (χ0v) is 12.4. The van der Waals surface area contributed by atoms with Gasteiger partial charge in [0.1, 0.15) is 6.04 Å². The minimum atomic E-state index is -0.934. The summed E-state index contributed by atoms with van der Waals surface area (Å²) in [6, 6.07) is -0.733. The number of carbonyl (C=O) groups excluding carboxylic acids is 1. The number of amides is 1. The molecule has 0 saturated carbocycles. The first kappa shape index (κ1) is 16.0. The van der Waals surface area contributed by atoms with Crippen molar-refractivity contribution in [2.24, 2.45) is 11.3 Å². The summed E-state index contributed by atoms with van der Waals surface area (Å²) in [6.45, 7) is 7.48. The van der Waals surface area contributed by atoms with Crippen LogP contribution in [-0.4, -0.2) is 48.1 Å². The Morgan fingerprint density at radius 2 is 2.11 bits per heavy atom. The van der Waals surface area contributed by atoms with Gasteiger partial charge in [-0.1, -0.05) is 20.8 Å². The molecule has 0 aromatic heterocycles. The SMILES string of the molecule is CCC(C(=O)O)N(C)C(=O)C(C)(C)C1CCCNC1. The standard InChI is InChI=1S/C14H26N2O3/c1-5-11(12(17)18)16(4)13(19)14(2,3)10-7-6-8-15-9-10/h10-11,15H,5-9H2,1-4H3,(H,17,18). The van der Waals surface area contributed by atoms with Crippen molar-refractivity contribution in [2.75, 3.05) is 20.1 Å². The second-order valence-corrected chi connectivity index (χ2v) is 5.94. The maximum Gasteiger partial charge on any atom is 0.326 e. The van der Waals surface area contributed by atoms with Crippen LogP contribution in [-0.2, 0) is 9.59 Å². The lowest BCUT2D eigenvalue weighted by molar-refractivity contribution is -0.155. The summed E-state index contributed by atoms with van der Waals surface area (Å²) in [5.41, 5.74) is -0.523. The molecule has 5 heteroatoms. The van der Waals surface area contributed by atoms with Crippen LogP contribution in [0, 0.1) is 11.3 Å². The number of aliphatic carboxylic acids is 1. The quantitative estimate of drug-likeness (QED) is 0.791. The lowest BCUT2D eigenvalue weighted by Crippen LogP contribution is -2.52. The number of nitrogens with one attached hydrogen (secondary N) is 1. The van der Waals surface area contributed by atoms with Crippen LogP contribution in [0.5, 0.6) is 0 Å². The molecule has 0 aliphatic carbocycles. The van der Waals surface area contributed by atoms with Crippen molar-refractivity contribution in [3.8, 4) is 0 Å². The molecular formula is C14H26N2O3. The maximum absolute atomic E-state index is 12.6. The average molecular weight is 270 g/mol. The molecule has 0 aromatic carbocycles. The summed E-state index contributed by atoms with van der Waals surface area (Å²) in [5, 5.41) is 12.5. The van der Waals surface area contributed by atoms with E-state index in [1.807, 2.05) is 13.8 Å². The molecule has 0 spiro atoms. The van der Waals surface area contributed by atoms with Gasteiger partial charge in [-0.2, -0.15) is 0 Å². The lowest BCUT2D eigenvalue weighted by Gasteiger charge is -2.39. The second-order valence-electron chi connectivity index (χ2n) is 5.94. The molecule has 1 heterocycles. The van der Waals surface area contributed by atoms with Crippen LogP contribution in [0.3, 0.4) is 0 Å². The fourth-order valence-corrected chi connectivity index (χ4v) is 2.85. The average Bonchev–Trinajstić information content (AvgIpc) is 2.39. The molecule has 2 N–H and O–H groups in total. The zero-order chi connectivity index (χ0) is 14.6. The molecule has 1 saturated heterocycles. The van der Waals surface area contributed by atoms with Gasteiger partial charge in [0.05, 0.1) is 0 Å². The van der Waals surface area contributed by atoms with Gasteiger partial charge in [0.15, 0.2) is 0 Å². The highest BCUT2D eigenvalue weighted by atomic mass is 16.4. The molecule has 1 amide bonds. The molecule has 1 fully saturated rings. The number of likely N-dealkylation sites (N-methyl/N-ethyl adjacent to an activating group) is 1. The topological polar surface area (TPSA) is 69.6 Å². The normalized spacial score (nSPS) is 21.8. The van der Waals surface area contributed by atoms with Gasteiger partial charge in [-0.15, -0.1) is 0 Å². The summed E-state index contributed by atoms with van der Waals surface area (Å²) in [6.07, 6.45) is 2.52. The van der Waals surface area contributed by atoms with Crippen LogP contribution >= 0.6 is 0 Å². The van der Waals surface area contributed by atoms with Gasteiger partial charge in [0.25, 0.3) is 0 Å². The molecule has 0 radical (unpaired) electrons. The third-order valence-electron chi connectivity index (χ3n) is 4.33. The fourth-order valence-electron chi connectivity index (χ4n) is 2.85. The summed E-state index contributed by atoms with van der Waals surface area (Å²) < 4.78 is 0. The van der Waals surface area contributed by atoms with Gasteiger partial charge in [0, 0.05) is 12.5 Å². The molecule has 5 nitrogen and oxygen atoms in total. The molecular weight excluding hydrogens is 244 g/mol. The molecule has 1 rings (SSSR count). The molecule has 19 heavy (non-hydrogen) atoms. The lowest BCUT2D eigenvalue weighted by atomic mass is 9.74. The van der Waals surface area contributed by atoms with Crippen LogP contribution in [0.1, 0.15) is 40.0 Å². The number of hydrogen-bond acceptors (Lipinski definition) is 3. The van der Waals surface area contributed by atoms with Crippen LogP contribution in [0.25, 0.3) is 0 Å². The predicted molar refractivity (Wildman–Crippen MR) is 73.9 cm³/mol. The Hall–Kier alpha value is -1.10. The Morgan fingerprint density at radius 3 is 2.53 bits per heavy atom. The Morgan fingerprint density at radius 1 is 1.47 bits per heavy atom. The van der Waals surface area contributed by atoms with Crippen LogP contribution in [0.4, 0.5) is 0 Å². The van der Waals surface area contributed by atoms with E-state index in [0.29, 0.717) is 6.42 Å². The Bertz CT molecular complexity index is 336. The van der Waals surface area contributed by atoms with E-state index in [0.717, 1.165) is 25.9 Å². The third kappa shape index (κ3) is 3.47. The summed E-state index contributed by atoms with van der Waals surface area (Å²) in [7, 11) is 1.60. The molecule has 2 atom stereocenters. The first-order valence-electron chi connectivity index (χ1n) is 7.03. The van der Waals surface area contributed by atoms with E-state index < -0.39 is 17.4 Å². The second kappa shape index (κ2) is 6.37. The molecule has 0 bridgehead atoms. The van der Waals surface area contributed by atoms with E-state index in [1.165, 1.54) is 4.90 Å². The minimum absolute atomic E-state index is 0.0737. The van der Waals surface area contributed by atoms with Gasteiger partial charge < -0.3 is 15.3 Å². The smallest absolute Gasteiger partial charge is 0.326 e. The number of nitrogens with zero attached hydrogens (tertiary/aromatic N) is 1. The van der Waals surface area contributed by atoms with Crippen LogP contribution < -0.4 is 5.32 Å². The van der Waals surface area contributed by atoms with E-state index in [9.17, 15) is 9.59 Å². The van der Waals surface area contributed by atoms with Crippen molar-refractivity contribution >= 4 is 11.9 Å². The fraction of sp³-hybridized carbons (Fsp3) is 0.857. The maximum atomic E-state index is 12.6.